The van der Waals surface area contributed by atoms with Crippen LogP contribution in [0.2, 0.25) is 0 Å². The van der Waals surface area contributed by atoms with Gasteiger partial charge in [-0.15, -0.1) is 0 Å². The fourth-order valence-corrected chi connectivity index (χ4v) is 2.84. The highest BCUT2D eigenvalue weighted by atomic mass is 19.4. The number of piperazine rings is 1. The number of hydrogen-bond acceptors (Lipinski definition) is 3. The van der Waals surface area contributed by atoms with Gasteiger partial charge >= 0.3 is 6.18 Å². The van der Waals surface area contributed by atoms with Crippen molar-refractivity contribution in [3.63, 3.8) is 0 Å². The highest BCUT2D eigenvalue weighted by molar-refractivity contribution is 5.80. The van der Waals surface area contributed by atoms with E-state index in [4.69, 9.17) is 5.73 Å². The number of halogens is 3. The van der Waals surface area contributed by atoms with E-state index in [2.05, 4.69) is 9.98 Å². The fraction of sp³-hybridized carbons (Fsp3) is 0.333. The van der Waals surface area contributed by atoms with Crippen molar-refractivity contribution in [2.75, 3.05) is 31.1 Å². The van der Waals surface area contributed by atoms with Crippen molar-refractivity contribution in [2.45, 2.75) is 13.1 Å². The lowest BCUT2D eigenvalue weighted by molar-refractivity contribution is -0.137. The molecule has 26 heavy (non-hydrogen) atoms. The highest BCUT2D eigenvalue weighted by Crippen LogP contribution is 2.31. The number of benzene rings is 1. The van der Waals surface area contributed by atoms with Crippen LogP contribution in [0.1, 0.15) is 11.1 Å². The molecule has 1 saturated heterocycles. The molecule has 1 aromatic heterocycles. The van der Waals surface area contributed by atoms with Crippen molar-refractivity contribution in [1.82, 2.24) is 9.88 Å². The number of aromatic nitrogens is 1. The molecule has 2 aromatic rings. The van der Waals surface area contributed by atoms with Gasteiger partial charge in [0.15, 0.2) is 11.8 Å². The van der Waals surface area contributed by atoms with Gasteiger partial charge in [-0.3, -0.25) is 0 Å². The maximum atomic E-state index is 12.9. The van der Waals surface area contributed by atoms with Crippen molar-refractivity contribution in [3.05, 3.63) is 53.7 Å². The summed E-state index contributed by atoms with van der Waals surface area (Å²) in [6.07, 6.45) is -2.66. The molecule has 0 bridgehead atoms. The second kappa shape index (κ2) is 7.23. The van der Waals surface area contributed by atoms with E-state index in [1.807, 2.05) is 28.9 Å². The van der Waals surface area contributed by atoms with Crippen molar-refractivity contribution in [2.24, 2.45) is 10.7 Å². The molecule has 1 aliphatic heterocycles. The average Bonchev–Trinajstić information content (AvgIpc) is 2.61. The van der Waals surface area contributed by atoms with Crippen LogP contribution >= 0.6 is 0 Å². The van der Waals surface area contributed by atoms with Gasteiger partial charge in [-0.1, -0.05) is 6.07 Å². The van der Waals surface area contributed by atoms with E-state index in [1.165, 1.54) is 12.1 Å². The van der Waals surface area contributed by atoms with Crippen LogP contribution in [0, 0.1) is 6.92 Å². The second-order valence-electron chi connectivity index (χ2n) is 6.18. The van der Waals surface area contributed by atoms with Gasteiger partial charge in [0.25, 0.3) is 0 Å². The Bertz CT molecular complexity index is 795. The van der Waals surface area contributed by atoms with Crippen LogP contribution in [0.4, 0.5) is 24.7 Å². The summed E-state index contributed by atoms with van der Waals surface area (Å²) < 4.78 is 38.6. The van der Waals surface area contributed by atoms with Crippen LogP contribution in [0.5, 0.6) is 0 Å². The van der Waals surface area contributed by atoms with Crippen molar-refractivity contribution in [1.29, 1.82) is 0 Å². The lowest BCUT2D eigenvalue weighted by Crippen LogP contribution is -2.51. The Morgan fingerprint density at radius 1 is 1.12 bits per heavy atom. The lowest BCUT2D eigenvalue weighted by atomic mass is 10.1. The topological polar surface area (TPSA) is 57.8 Å². The summed E-state index contributed by atoms with van der Waals surface area (Å²) in [6, 6.07) is 9.11. The third-order valence-corrected chi connectivity index (χ3v) is 4.27. The van der Waals surface area contributed by atoms with Crippen molar-refractivity contribution in [3.8, 4) is 0 Å². The Morgan fingerprint density at radius 3 is 2.50 bits per heavy atom. The van der Waals surface area contributed by atoms with Gasteiger partial charge in [0.1, 0.15) is 0 Å². The van der Waals surface area contributed by atoms with Crippen molar-refractivity contribution >= 4 is 17.5 Å². The number of alkyl halides is 3. The van der Waals surface area contributed by atoms with E-state index in [1.54, 1.807) is 12.3 Å². The van der Waals surface area contributed by atoms with Crippen LogP contribution < -0.4 is 10.6 Å². The lowest BCUT2D eigenvalue weighted by Gasteiger charge is -2.36. The zero-order chi connectivity index (χ0) is 18.7. The molecule has 3 rings (SSSR count). The molecule has 0 aliphatic carbocycles. The van der Waals surface area contributed by atoms with E-state index in [9.17, 15) is 13.2 Å². The molecule has 0 spiro atoms. The summed E-state index contributed by atoms with van der Waals surface area (Å²) in [6.45, 7) is 4.25. The van der Waals surface area contributed by atoms with Gasteiger partial charge < -0.3 is 15.5 Å². The van der Waals surface area contributed by atoms with Crippen LogP contribution in [-0.4, -0.2) is 42.0 Å². The second-order valence-corrected chi connectivity index (χ2v) is 6.18. The summed E-state index contributed by atoms with van der Waals surface area (Å²) in [5.41, 5.74) is 7.04. The predicted molar refractivity (Wildman–Crippen MR) is 95.5 cm³/mol. The summed E-state index contributed by atoms with van der Waals surface area (Å²) in [5, 5.41) is 0. The predicted octanol–water partition coefficient (Wildman–Crippen LogP) is 3.18. The first-order valence-electron chi connectivity index (χ1n) is 8.27. The number of anilines is 1. The zero-order valence-corrected chi connectivity index (χ0v) is 14.4. The minimum absolute atomic E-state index is 0.367. The zero-order valence-electron chi connectivity index (χ0n) is 14.4. The Labute approximate surface area is 150 Å². The van der Waals surface area contributed by atoms with Crippen LogP contribution in [0.25, 0.3) is 0 Å². The first kappa shape index (κ1) is 18.0. The molecule has 0 saturated carbocycles. The average molecular weight is 363 g/mol. The molecule has 0 atom stereocenters. The molecule has 0 radical (unpaired) electrons. The number of nitrogens with zero attached hydrogens (tertiary/aromatic N) is 4. The Morgan fingerprint density at radius 2 is 1.85 bits per heavy atom. The quantitative estimate of drug-likeness (QED) is 0.658. The van der Waals surface area contributed by atoms with Crippen LogP contribution in [-0.2, 0) is 6.18 Å². The minimum Gasteiger partial charge on any atom is -0.369 e. The third-order valence-electron chi connectivity index (χ3n) is 4.27. The summed E-state index contributed by atoms with van der Waals surface area (Å²) in [7, 11) is 0. The maximum Gasteiger partial charge on any atom is 0.416 e. The van der Waals surface area contributed by atoms with Gasteiger partial charge in [0.05, 0.1) is 5.56 Å². The van der Waals surface area contributed by atoms with Gasteiger partial charge in [-0.2, -0.15) is 18.2 Å². The summed E-state index contributed by atoms with van der Waals surface area (Å²) in [5.74, 6) is 0.912. The number of pyridine rings is 1. The van der Waals surface area contributed by atoms with Crippen molar-refractivity contribution < 1.29 is 13.2 Å². The van der Waals surface area contributed by atoms with Crippen LogP contribution in [0.3, 0.4) is 0 Å². The molecule has 8 heteroatoms. The first-order valence-corrected chi connectivity index (χ1v) is 8.27. The largest absolute Gasteiger partial charge is 0.416 e. The van der Waals surface area contributed by atoms with E-state index >= 15 is 0 Å². The molecule has 1 aliphatic rings. The van der Waals surface area contributed by atoms with Crippen LogP contribution in [0.15, 0.2) is 47.6 Å². The summed E-state index contributed by atoms with van der Waals surface area (Å²) >= 11 is 0. The third kappa shape index (κ3) is 4.25. The molecule has 1 fully saturated rings. The molecule has 5 nitrogen and oxygen atoms in total. The Kier molecular flexibility index (Phi) is 5.01. The molecule has 1 aromatic carbocycles. The fourth-order valence-electron chi connectivity index (χ4n) is 2.84. The van der Waals surface area contributed by atoms with E-state index in [0.29, 0.717) is 43.6 Å². The standard InChI is InChI=1S/C18H20F3N5/c1-13-5-6-23-16(11-13)24-17(22)26-9-7-25(8-10-26)15-4-2-3-14(12-15)18(19,20)21/h2-6,11-12H,7-10H2,1H3,(H2,22,23,24). The monoisotopic (exact) mass is 363 g/mol. The number of hydrogen-bond donors (Lipinski definition) is 1. The number of rotatable bonds is 2. The number of guanidine groups is 1. The number of nitrogens with two attached hydrogens (primary N) is 1. The smallest absolute Gasteiger partial charge is 0.369 e. The molecule has 2 N–H and O–H groups in total. The highest BCUT2D eigenvalue weighted by Gasteiger charge is 2.31. The van der Waals surface area contributed by atoms with Gasteiger partial charge in [0, 0.05) is 38.1 Å². The normalized spacial score (nSPS) is 16.1. The Balaban J connectivity index is 1.66. The molecular weight excluding hydrogens is 343 g/mol. The van der Waals surface area contributed by atoms with Gasteiger partial charge in [-0.25, -0.2) is 4.98 Å². The SMILES string of the molecule is Cc1ccnc(N=C(N)N2CCN(c3cccc(C(F)(F)F)c3)CC2)c1. The minimum atomic E-state index is -4.34. The molecule has 2 heterocycles. The van der Waals surface area contributed by atoms with E-state index < -0.39 is 11.7 Å². The maximum absolute atomic E-state index is 12.9. The number of aliphatic imine (C=N–C) groups is 1. The van der Waals surface area contributed by atoms with Gasteiger partial charge in [0.2, 0.25) is 0 Å². The van der Waals surface area contributed by atoms with E-state index in [0.717, 1.165) is 11.6 Å². The molecule has 0 unspecified atom stereocenters. The molecular formula is C18H20F3N5. The summed E-state index contributed by atoms with van der Waals surface area (Å²) in [4.78, 5) is 12.3. The first-order chi connectivity index (χ1) is 12.3. The molecule has 0 amide bonds. The number of aryl methyl sites for hydroxylation is 1. The van der Waals surface area contributed by atoms with Gasteiger partial charge in [-0.05, 0) is 42.8 Å². The molecule has 138 valence electrons. The Hall–Kier alpha value is -2.77. The van der Waals surface area contributed by atoms with E-state index in [-0.39, 0.29) is 0 Å².